The van der Waals surface area contributed by atoms with E-state index in [1.54, 1.807) is 30.3 Å². The van der Waals surface area contributed by atoms with Gasteiger partial charge in [-0.3, -0.25) is 4.79 Å². The van der Waals surface area contributed by atoms with Gasteiger partial charge >= 0.3 is 11.8 Å². The summed E-state index contributed by atoms with van der Waals surface area (Å²) in [4.78, 5) is 22.1. The molecule has 2 unspecified atom stereocenters. The molecule has 0 aliphatic carbocycles. The molecule has 2 atom stereocenters. The zero-order valence-electron chi connectivity index (χ0n) is 19.3. The molecule has 0 aliphatic rings. The third-order valence-corrected chi connectivity index (χ3v) is 5.76. The number of rotatable bonds is 6. The number of aryl methyl sites for hydroxylation is 1. The van der Waals surface area contributed by atoms with Crippen LogP contribution in [0.4, 0.5) is 18.9 Å². The highest BCUT2D eigenvalue weighted by molar-refractivity contribution is 5.86. The van der Waals surface area contributed by atoms with E-state index in [1.165, 1.54) is 13.2 Å². The zero-order chi connectivity index (χ0) is 25.8. The monoisotopic (exact) mass is 490 g/mol. The van der Waals surface area contributed by atoms with Crippen LogP contribution in [0.1, 0.15) is 37.4 Å². The number of fused-ring (bicyclic) bond motifs is 2. The van der Waals surface area contributed by atoms with Gasteiger partial charge in [0.2, 0.25) is 5.60 Å². The first-order valence-electron chi connectivity index (χ1n) is 10.9. The van der Waals surface area contributed by atoms with Crippen molar-refractivity contribution in [2.24, 2.45) is 0 Å². The maximum atomic E-state index is 12.7. The topological polar surface area (TPSA) is 106 Å². The van der Waals surface area contributed by atoms with Gasteiger partial charge in [0.1, 0.15) is 5.58 Å². The van der Waals surface area contributed by atoms with E-state index >= 15 is 0 Å². The van der Waals surface area contributed by atoms with Gasteiger partial charge in [0, 0.05) is 23.5 Å². The van der Waals surface area contributed by atoms with E-state index in [4.69, 9.17) is 8.94 Å². The SMILES string of the molecule is CC(CC(O)(C=O)C(F)(F)F)c1cccc2ccoc12.CCc1noc(=O)c2ccc(NC)cc12. The Morgan fingerprint density at radius 1 is 1.17 bits per heavy atom. The molecule has 0 bridgehead atoms. The van der Waals surface area contributed by atoms with E-state index in [9.17, 15) is 27.9 Å². The lowest BCUT2D eigenvalue weighted by atomic mass is 9.87. The van der Waals surface area contributed by atoms with Crippen molar-refractivity contribution >= 4 is 33.7 Å². The quantitative estimate of drug-likeness (QED) is 0.358. The van der Waals surface area contributed by atoms with Gasteiger partial charge in [0.25, 0.3) is 0 Å². The fourth-order valence-electron chi connectivity index (χ4n) is 3.78. The standard InChI is InChI=1S/C14H13F3O3.C11H12N2O2/c1-9(7-13(19,8-18)14(15,16)17)11-4-2-3-10-5-6-20-12(10)11;1-3-10-9-6-7(12-2)4-5-8(9)11(14)15-13-10/h2-6,8-9,19H,7H2,1H3;4-6,12H,3H2,1-2H3. The van der Waals surface area contributed by atoms with Crippen LogP contribution >= 0.6 is 0 Å². The fourth-order valence-corrected chi connectivity index (χ4v) is 3.78. The van der Waals surface area contributed by atoms with E-state index in [0.717, 1.165) is 28.6 Å². The highest BCUT2D eigenvalue weighted by Gasteiger charge is 2.54. The predicted molar refractivity (Wildman–Crippen MR) is 126 cm³/mol. The molecule has 4 rings (SSSR count). The van der Waals surface area contributed by atoms with Crippen LogP contribution in [0.5, 0.6) is 0 Å². The molecule has 0 spiro atoms. The lowest BCUT2D eigenvalue weighted by molar-refractivity contribution is -0.247. The lowest BCUT2D eigenvalue weighted by Gasteiger charge is -2.27. The minimum atomic E-state index is -5.00. The van der Waals surface area contributed by atoms with Gasteiger partial charge in [-0.15, -0.1) is 0 Å². The molecule has 0 saturated carbocycles. The van der Waals surface area contributed by atoms with Crippen molar-refractivity contribution in [3.8, 4) is 0 Å². The second-order valence-corrected chi connectivity index (χ2v) is 8.11. The minimum absolute atomic E-state index is 0.384. The summed E-state index contributed by atoms with van der Waals surface area (Å²) in [5.41, 5.74) is -0.968. The molecule has 7 nitrogen and oxygen atoms in total. The number of nitrogens with zero attached hydrogens (tertiary/aromatic N) is 1. The van der Waals surface area contributed by atoms with Crippen LogP contribution in [-0.4, -0.2) is 35.4 Å². The smallest absolute Gasteiger partial charge is 0.424 e. The Kier molecular flexibility index (Phi) is 7.64. The van der Waals surface area contributed by atoms with Gasteiger partial charge in [-0.2, -0.15) is 13.2 Å². The first-order valence-corrected chi connectivity index (χ1v) is 10.9. The summed E-state index contributed by atoms with van der Waals surface area (Å²) in [5.74, 6) is -0.693. The second kappa shape index (κ2) is 10.3. The van der Waals surface area contributed by atoms with Gasteiger partial charge in [0.05, 0.1) is 17.3 Å². The average molecular weight is 490 g/mol. The molecule has 2 heterocycles. The Morgan fingerprint density at radius 3 is 2.54 bits per heavy atom. The van der Waals surface area contributed by atoms with Crippen LogP contribution in [0.25, 0.3) is 21.7 Å². The Morgan fingerprint density at radius 2 is 1.91 bits per heavy atom. The van der Waals surface area contributed by atoms with E-state index < -0.39 is 30.4 Å². The summed E-state index contributed by atoms with van der Waals surface area (Å²) in [5, 5.41) is 18.5. The summed E-state index contributed by atoms with van der Waals surface area (Å²) in [6, 6.07) is 12.3. The largest absolute Gasteiger partial charge is 0.464 e. The molecule has 35 heavy (non-hydrogen) atoms. The van der Waals surface area contributed by atoms with Crippen molar-refractivity contribution in [3.05, 3.63) is 70.4 Å². The maximum Gasteiger partial charge on any atom is 0.424 e. The van der Waals surface area contributed by atoms with Crippen molar-refractivity contribution in [1.29, 1.82) is 0 Å². The predicted octanol–water partition coefficient (Wildman–Crippen LogP) is 5.21. The average Bonchev–Trinajstić information content (AvgIpc) is 3.32. The van der Waals surface area contributed by atoms with Gasteiger partial charge in [-0.05, 0) is 48.6 Å². The van der Waals surface area contributed by atoms with Crippen LogP contribution < -0.4 is 10.9 Å². The number of nitrogens with one attached hydrogen (secondary N) is 1. The number of para-hydroxylation sites is 1. The summed E-state index contributed by atoms with van der Waals surface area (Å²) in [6.07, 6.45) is -4.02. The maximum absolute atomic E-state index is 12.7. The van der Waals surface area contributed by atoms with E-state index in [2.05, 4.69) is 10.5 Å². The van der Waals surface area contributed by atoms with E-state index in [0.29, 0.717) is 16.5 Å². The molecule has 0 aliphatic heterocycles. The number of hydrogen-bond donors (Lipinski definition) is 2. The van der Waals surface area contributed by atoms with Gasteiger partial charge < -0.3 is 19.4 Å². The Labute approximate surface area is 198 Å². The highest BCUT2D eigenvalue weighted by Crippen LogP contribution is 2.38. The van der Waals surface area contributed by atoms with Crippen LogP contribution in [0, 0.1) is 0 Å². The van der Waals surface area contributed by atoms with Gasteiger partial charge in [-0.25, -0.2) is 4.79 Å². The number of furan rings is 1. The van der Waals surface area contributed by atoms with Crippen molar-refractivity contribution in [2.45, 2.75) is 44.4 Å². The highest BCUT2D eigenvalue weighted by atomic mass is 19.4. The molecule has 0 radical (unpaired) electrons. The third-order valence-electron chi connectivity index (χ3n) is 5.76. The number of alkyl halides is 3. The molecular formula is C25H25F3N2O5. The van der Waals surface area contributed by atoms with E-state index in [1.807, 2.05) is 26.1 Å². The number of benzene rings is 2. The molecule has 2 aromatic heterocycles. The second-order valence-electron chi connectivity index (χ2n) is 8.11. The molecular weight excluding hydrogens is 465 g/mol. The first-order chi connectivity index (χ1) is 16.5. The number of aliphatic hydroxyl groups is 1. The number of aromatic nitrogens is 1. The first kappa shape index (κ1) is 26.0. The number of anilines is 1. The summed E-state index contributed by atoms with van der Waals surface area (Å²) >= 11 is 0. The van der Waals surface area contributed by atoms with Crippen molar-refractivity contribution in [1.82, 2.24) is 5.16 Å². The minimum Gasteiger partial charge on any atom is -0.464 e. The molecule has 2 N–H and O–H groups in total. The Bertz CT molecular complexity index is 1380. The zero-order valence-corrected chi connectivity index (χ0v) is 19.3. The molecule has 4 aromatic rings. The molecule has 186 valence electrons. The van der Waals surface area contributed by atoms with Gasteiger partial charge in [0.15, 0.2) is 6.29 Å². The molecule has 0 amide bonds. The Hall–Kier alpha value is -3.66. The van der Waals surface area contributed by atoms with Crippen LogP contribution in [0.15, 0.2) is 62.5 Å². The van der Waals surface area contributed by atoms with Crippen LogP contribution in [-0.2, 0) is 11.2 Å². The van der Waals surface area contributed by atoms with E-state index in [-0.39, 0.29) is 5.63 Å². The number of carbonyl (C=O) groups excluding carboxylic acids is 1. The molecule has 0 fully saturated rings. The number of halogens is 3. The third kappa shape index (κ3) is 5.37. The lowest BCUT2D eigenvalue weighted by Crippen LogP contribution is -2.47. The van der Waals surface area contributed by atoms with Gasteiger partial charge in [-0.1, -0.05) is 37.2 Å². The molecule has 2 aromatic carbocycles. The summed E-state index contributed by atoms with van der Waals surface area (Å²) in [7, 11) is 1.84. The van der Waals surface area contributed by atoms with Crippen molar-refractivity contribution in [2.75, 3.05) is 12.4 Å². The van der Waals surface area contributed by atoms with Crippen LogP contribution in [0.3, 0.4) is 0 Å². The molecule has 10 heteroatoms. The summed E-state index contributed by atoms with van der Waals surface area (Å²) in [6.45, 7) is 3.49. The number of aldehydes is 1. The molecule has 0 saturated heterocycles. The fraction of sp³-hybridized carbons (Fsp3) is 0.320. The normalized spacial score (nSPS) is 14.1. The number of hydrogen-bond acceptors (Lipinski definition) is 7. The number of carbonyl (C=O) groups is 1. The Balaban J connectivity index is 0.000000203. The van der Waals surface area contributed by atoms with Crippen molar-refractivity contribution in [3.63, 3.8) is 0 Å². The summed E-state index contributed by atoms with van der Waals surface area (Å²) < 4.78 is 48.2. The van der Waals surface area contributed by atoms with Crippen LogP contribution in [0.2, 0.25) is 0 Å². The van der Waals surface area contributed by atoms with Crippen molar-refractivity contribution < 1.29 is 32.0 Å².